The van der Waals surface area contributed by atoms with Crippen molar-refractivity contribution in [1.29, 1.82) is 0 Å². The van der Waals surface area contributed by atoms with Gasteiger partial charge in [0.15, 0.2) is 9.84 Å². The van der Waals surface area contributed by atoms with Gasteiger partial charge >= 0.3 is 0 Å². The molecule has 1 aromatic carbocycles. The molecule has 0 N–H and O–H groups in total. The lowest BCUT2D eigenvalue weighted by Gasteiger charge is -2.26. The van der Waals surface area contributed by atoms with Crippen LogP contribution >= 0.6 is 0 Å². The van der Waals surface area contributed by atoms with Gasteiger partial charge in [-0.25, -0.2) is 8.42 Å². The highest BCUT2D eigenvalue weighted by molar-refractivity contribution is 7.92. The summed E-state index contributed by atoms with van der Waals surface area (Å²) in [5.74, 6) is 0.283. The van der Waals surface area contributed by atoms with E-state index in [9.17, 15) is 13.2 Å². The van der Waals surface area contributed by atoms with E-state index in [1.54, 1.807) is 4.90 Å². The van der Waals surface area contributed by atoms with Gasteiger partial charge < -0.3 is 4.90 Å². The SMILES string of the molecule is O=C(CCCc1ccccc1)N1CC2CC1CS2(=O)=O. The molecule has 2 bridgehead atoms. The summed E-state index contributed by atoms with van der Waals surface area (Å²) in [6, 6.07) is 10.1. The highest BCUT2D eigenvalue weighted by atomic mass is 32.2. The lowest BCUT2D eigenvalue weighted by atomic mass is 10.1. The van der Waals surface area contributed by atoms with Gasteiger partial charge in [0, 0.05) is 19.0 Å². The Bertz CT molecular complexity index is 597. The van der Waals surface area contributed by atoms with E-state index < -0.39 is 9.84 Å². The number of fused-ring (bicyclic) bond motifs is 2. The van der Waals surface area contributed by atoms with Crippen molar-refractivity contribution in [1.82, 2.24) is 4.90 Å². The molecule has 2 saturated heterocycles. The van der Waals surface area contributed by atoms with Gasteiger partial charge in [-0.3, -0.25) is 4.79 Å². The summed E-state index contributed by atoms with van der Waals surface area (Å²) >= 11 is 0. The standard InChI is InChI=1S/C15H19NO3S/c17-15(8-4-7-12-5-2-1-3-6-12)16-10-14-9-13(16)11-20(14,18)19/h1-3,5-6,13-14H,4,7-11H2. The Morgan fingerprint density at radius 3 is 2.60 bits per heavy atom. The van der Waals surface area contributed by atoms with E-state index in [4.69, 9.17) is 0 Å². The van der Waals surface area contributed by atoms with Crippen molar-refractivity contribution in [2.24, 2.45) is 0 Å². The molecule has 4 nitrogen and oxygen atoms in total. The zero-order chi connectivity index (χ0) is 14.2. The van der Waals surface area contributed by atoms with Gasteiger partial charge in [-0.15, -0.1) is 0 Å². The summed E-state index contributed by atoms with van der Waals surface area (Å²) in [4.78, 5) is 14.0. The summed E-state index contributed by atoms with van der Waals surface area (Å²) in [6.07, 6.45) is 2.88. The molecule has 0 saturated carbocycles. The van der Waals surface area contributed by atoms with Crippen molar-refractivity contribution < 1.29 is 13.2 Å². The minimum absolute atomic E-state index is 0.0609. The zero-order valence-electron chi connectivity index (χ0n) is 11.4. The predicted molar refractivity (Wildman–Crippen MR) is 77.1 cm³/mol. The minimum atomic E-state index is -2.91. The molecule has 2 heterocycles. The van der Waals surface area contributed by atoms with Crippen molar-refractivity contribution in [2.75, 3.05) is 12.3 Å². The monoisotopic (exact) mass is 293 g/mol. The van der Waals surface area contributed by atoms with Crippen molar-refractivity contribution in [3.63, 3.8) is 0 Å². The van der Waals surface area contributed by atoms with Crippen molar-refractivity contribution in [2.45, 2.75) is 37.0 Å². The number of carbonyl (C=O) groups excluding carboxylic acids is 1. The average Bonchev–Trinajstić information content (AvgIpc) is 2.95. The molecule has 108 valence electrons. The maximum atomic E-state index is 12.2. The highest BCUT2D eigenvalue weighted by Crippen LogP contribution is 2.33. The summed E-state index contributed by atoms with van der Waals surface area (Å²) in [5, 5.41) is -0.300. The third-order valence-corrected chi connectivity index (χ3v) is 6.53. The molecule has 0 aliphatic carbocycles. The lowest BCUT2D eigenvalue weighted by Crippen LogP contribution is -2.44. The fourth-order valence-electron chi connectivity index (χ4n) is 3.23. The molecule has 2 unspecified atom stereocenters. The number of hydrogen-bond acceptors (Lipinski definition) is 3. The first-order valence-corrected chi connectivity index (χ1v) is 8.83. The second kappa shape index (κ2) is 5.20. The Kier molecular flexibility index (Phi) is 3.54. The molecule has 1 aromatic rings. The van der Waals surface area contributed by atoms with Gasteiger partial charge in [-0.1, -0.05) is 30.3 Å². The molecule has 2 atom stereocenters. The third kappa shape index (κ3) is 2.59. The van der Waals surface area contributed by atoms with Crippen LogP contribution in [0.2, 0.25) is 0 Å². The van der Waals surface area contributed by atoms with Crippen LogP contribution < -0.4 is 0 Å². The van der Waals surface area contributed by atoms with E-state index in [1.165, 1.54) is 5.56 Å². The first-order chi connectivity index (χ1) is 9.56. The molecule has 2 aliphatic heterocycles. The van der Waals surface area contributed by atoms with E-state index >= 15 is 0 Å². The quantitative estimate of drug-likeness (QED) is 0.843. The van der Waals surface area contributed by atoms with Crippen LogP contribution in [0.15, 0.2) is 30.3 Å². The van der Waals surface area contributed by atoms with Crippen LogP contribution in [0.1, 0.15) is 24.8 Å². The molecule has 0 aromatic heterocycles. The number of benzene rings is 1. The fraction of sp³-hybridized carbons (Fsp3) is 0.533. The number of carbonyl (C=O) groups is 1. The Labute approximate surface area is 119 Å². The maximum absolute atomic E-state index is 12.2. The molecule has 5 heteroatoms. The number of rotatable bonds is 4. The van der Waals surface area contributed by atoms with Crippen molar-refractivity contribution in [3.05, 3.63) is 35.9 Å². The Morgan fingerprint density at radius 1 is 1.25 bits per heavy atom. The van der Waals surface area contributed by atoms with Crippen LogP contribution in [0, 0.1) is 0 Å². The Hall–Kier alpha value is -1.36. The van der Waals surface area contributed by atoms with Crippen LogP contribution in [0.25, 0.3) is 0 Å². The Morgan fingerprint density at radius 2 is 2.00 bits per heavy atom. The molecule has 3 rings (SSSR count). The number of nitrogens with zero attached hydrogens (tertiary/aromatic N) is 1. The van der Waals surface area contributed by atoms with Crippen LogP contribution in [0.4, 0.5) is 0 Å². The van der Waals surface area contributed by atoms with E-state index in [-0.39, 0.29) is 23.0 Å². The largest absolute Gasteiger partial charge is 0.337 e. The van der Waals surface area contributed by atoms with E-state index in [0.717, 1.165) is 12.8 Å². The van der Waals surface area contributed by atoms with Crippen LogP contribution in [0.5, 0.6) is 0 Å². The summed E-state index contributed by atoms with van der Waals surface area (Å²) in [5.41, 5.74) is 1.24. The summed E-state index contributed by atoms with van der Waals surface area (Å²) in [6.45, 7) is 0.414. The van der Waals surface area contributed by atoms with Gasteiger partial charge in [-0.2, -0.15) is 0 Å². The number of likely N-dealkylation sites (tertiary alicyclic amines) is 1. The van der Waals surface area contributed by atoms with Gasteiger partial charge in [0.25, 0.3) is 0 Å². The molecule has 2 fully saturated rings. The number of amides is 1. The zero-order valence-corrected chi connectivity index (χ0v) is 12.2. The summed E-state index contributed by atoms with van der Waals surface area (Å²) < 4.78 is 23.3. The van der Waals surface area contributed by atoms with Gasteiger partial charge in [0.05, 0.1) is 11.0 Å². The second-order valence-electron chi connectivity index (χ2n) is 5.73. The molecule has 0 radical (unpaired) electrons. The number of aryl methyl sites for hydroxylation is 1. The first-order valence-electron chi connectivity index (χ1n) is 7.11. The maximum Gasteiger partial charge on any atom is 0.222 e. The van der Waals surface area contributed by atoms with Crippen LogP contribution in [-0.2, 0) is 21.1 Å². The second-order valence-corrected chi connectivity index (χ2v) is 8.05. The van der Waals surface area contributed by atoms with E-state index in [0.29, 0.717) is 19.4 Å². The van der Waals surface area contributed by atoms with Crippen molar-refractivity contribution in [3.8, 4) is 0 Å². The molecule has 2 aliphatic rings. The van der Waals surface area contributed by atoms with Crippen LogP contribution in [0.3, 0.4) is 0 Å². The summed E-state index contributed by atoms with van der Waals surface area (Å²) in [7, 11) is -2.91. The topological polar surface area (TPSA) is 54.5 Å². The number of hydrogen-bond donors (Lipinski definition) is 0. The van der Waals surface area contributed by atoms with E-state index in [1.807, 2.05) is 18.2 Å². The normalized spacial score (nSPS) is 26.9. The molecular formula is C15H19NO3S. The van der Waals surface area contributed by atoms with Crippen LogP contribution in [-0.4, -0.2) is 42.8 Å². The molecule has 1 amide bonds. The van der Waals surface area contributed by atoms with E-state index in [2.05, 4.69) is 12.1 Å². The number of sulfone groups is 1. The van der Waals surface area contributed by atoms with Gasteiger partial charge in [0.2, 0.25) is 5.91 Å². The Balaban J connectivity index is 1.50. The minimum Gasteiger partial charge on any atom is -0.337 e. The van der Waals surface area contributed by atoms with Crippen molar-refractivity contribution >= 4 is 15.7 Å². The molecular weight excluding hydrogens is 274 g/mol. The predicted octanol–water partition coefficient (Wildman–Crippen LogP) is 1.41. The van der Waals surface area contributed by atoms with Gasteiger partial charge in [-0.05, 0) is 24.8 Å². The first kappa shape index (κ1) is 13.6. The lowest BCUT2D eigenvalue weighted by molar-refractivity contribution is -0.131. The average molecular weight is 293 g/mol. The smallest absolute Gasteiger partial charge is 0.222 e. The van der Waals surface area contributed by atoms with Gasteiger partial charge in [0.1, 0.15) is 0 Å². The third-order valence-electron chi connectivity index (χ3n) is 4.33. The fourth-order valence-corrected chi connectivity index (χ4v) is 5.26. The molecule has 20 heavy (non-hydrogen) atoms. The highest BCUT2D eigenvalue weighted by Gasteiger charge is 2.49. The molecule has 0 spiro atoms.